The highest BCUT2D eigenvalue weighted by Crippen LogP contribution is 2.02. The molecule has 0 rings (SSSR count). The number of nitrogens with one attached hydrogen (secondary N) is 3. The van der Waals surface area contributed by atoms with Crippen molar-refractivity contribution in [3.8, 4) is 0 Å². The third kappa shape index (κ3) is 13.6. The highest BCUT2D eigenvalue weighted by molar-refractivity contribution is 14.0. The number of sulfonamides is 1. The van der Waals surface area contributed by atoms with Gasteiger partial charge in [0.25, 0.3) is 0 Å². The van der Waals surface area contributed by atoms with Gasteiger partial charge < -0.3 is 10.6 Å². The highest BCUT2D eigenvalue weighted by atomic mass is 127. The van der Waals surface area contributed by atoms with Crippen LogP contribution in [0, 0.1) is 0 Å². The van der Waals surface area contributed by atoms with Crippen LogP contribution in [0.5, 0.6) is 0 Å². The molecule has 0 aromatic rings. The van der Waals surface area contributed by atoms with Crippen molar-refractivity contribution in [1.82, 2.24) is 15.4 Å². The maximum absolute atomic E-state index is 11.3. The molecular formula is C14H33IN4O2S. The van der Waals surface area contributed by atoms with E-state index in [1.807, 2.05) is 0 Å². The van der Waals surface area contributed by atoms with Crippen LogP contribution >= 0.6 is 24.0 Å². The van der Waals surface area contributed by atoms with Crippen LogP contribution in [0.2, 0.25) is 0 Å². The lowest BCUT2D eigenvalue weighted by atomic mass is 10.1. The molecule has 0 fully saturated rings. The van der Waals surface area contributed by atoms with Gasteiger partial charge in [0.15, 0.2) is 5.96 Å². The van der Waals surface area contributed by atoms with E-state index in [9.17, 15) is 8.42 Å². The maximum Gasteiger partial charge on any atom is 0.211 e. The van der Waals surface area contributed by atoms with Crippen molar-refractivity contribution in [2.24, 2.45) is 4.99 Å². The number of unbranched alkanes of at least 4 members (excludes halogenated alkanes) is 2. The van der Waals surface area contributed by atoms with E-state index in [0.29, 0.717) is 19.1 Å². The number of nitrogens with zero attached hydrogens (tertiary/aromatic N) is 1. The number of guanidine groups is 1. The Morgan fingerprint density at radius 2 is 1.82 bits per heavy atom. The molecule has 0 saturated heterocycles. The molecular weight excluding hydrogens is 415 g/mol. The molecule has 0 saturated carbocycles. The normalized spacial score (nSPS) is 13.4. The molecule has 0 spiro atoms. The fourth-order valence-corrected chi connectivity index (χ4v) is 2.49. The van der Waals surface area contributed by atoms with Crippen molar-refractivity contribution < 1.29 is 8.42 Å². The Balaban J connectivity index is 0. The Labute approximate surface area is 153 Å². The average molecular weight is 448 g/mol. The molecule has 1 unspecified atom stereocenters. The van der Waals surface area contributed by atoms with Gasteiger partial charge in [-0.1, -0.05) is 26.2 Å². The van der Waals surface area contributed by atoms with Gasteiger partial charge in [-0.25, -0.2) is 13.1 Å². The fourth-order valence-electron chi connectivity index (χ4n) is 1.83. The number of aliphatic imine (C=N–C) groups is 1. The minimum atomic E-state index is -3.08. The summed E-state index contributed by atoms with van der Waals surface area (Å²) in [5, 5.41) is 6.54. The molecule has 0 aromatic carbocycles. The van der Waals surface area contributed by atoms with Gasteiger partial charge in [0.2, 0.25) is 10.0 Å². The molecule has 22 heavy (non-hydrogen) atoms. The number of halogens is 1. The van der Waals surface area contributed by atoms with E-state index in [0.717, 1.165) is 18.8 Å². The second kappa shape index (κ2) is 14.5. The van der Waals surface area contributed by atoms with E-state index < -0.39 is 10.0 Å². The Hall–Kier alpha value is -0.0900. The van der Waals surface area contributed by atoms with Gasteiger partial charge in [0.05, 0.1) is 5.75 Å². The molecule has 0 aliphatic heterocycles. The topological polar surface area (TPSA) is 82.6 Å². The van der Waals surface area contributed by atoms with Crippen LogP contribution in [0.15, 0.2) is 4.99 Å². The summed E-state index contributed by atoms with van der Waals surface area (Å²) in [7, 11) is -1.34. The van der Waals surface area contributed by atoms with Gasteiger partial charge in [-0.3, -0.25) is 4.99 Å². The predicted molar refractivity (Wildman–Crippen MR) is 106 cm³/mol. The van der Waals surface area contributed by atoms with Gasteiger partial charge in [-0.2, -0.15) is 0 Å². The highest BCUT2D eigenvalue weighted by Gasteiger charge is 2.06. The quantitative estimate of drug-likeness (QED) is 0.196. The molecule has 6 nitrogen and oxygen atoms in total. The first-order valence-corrected chi connectivity index (χ1v) is 9.54. The first kappa shape index (κ1) is 24.2. The summed E-state index contributed by atoms with van der Waals surface area (Å²) in [4.78, 5) is 4.17. The molecule has 0 bridgehead atoms. The van der Waals surface area contributed by atoms with E-state index >= 15 is 0 Å². The Morgan fingerprint density at radius 1 is 1.14 bits per heavy atom. The van der Waals surface area contributed by atoms with E-state index in [1.54, 1.807) is 14.0 Å². The Morgan fingerprint density at radius 3 is 2.36 bits per heavy atom. The summed E-state index contributed by atoms with van der Waals surface area (Å²) < 4.78 is 25.1. The van der Waals surface area contributed by atoms with Crippen LogP contribution in [0.3, 0.4) is 0 Å². The number of hydrogen-bond donors (Lipinski definition) is 3. The zero-order valence-corrected chi connectivity index (χ0v) is 17.5. The van der Waals surface area contributed by atoms with Crippen molar-refractivity contribution in [2.75, 3.05) is 25.9 Å². The number of rotatable bonds is 11. The first-order chi connectivity index (χ1) is 9.95. The zero-order valence-electron chi connectivity index (χ0n) is 14.3. The van der Waals surface area contributed by atoms with Crippen molar-refractivity contribution in [3.05, 3.63) is 0 Å². The molecule has 8 heteroatoms. The average Bonchev–Trinajstić information content (AvgIpc) is 2.45. The van der Waals surface area contributed by atoms with Gasteiger partial charge in [0.1, 0.15) is 0 Å². The smallest absolute Gasteiger partial charge is 0.211 e. The fraction of sp³-hybridized carbons (Fsp3) is 0.929. The molecule has 0 aromatic heterocycles. The monoisotopic (exact) mass is 448 g/mol. The van der Waals surface area contributed by atoms with E-state index in [2.05, 4.69) is 34.2 Å². The molecule has 0 heterocycles. The summed E-state index contributed by atoms with van der Waals surface area (Å²) in [6, 6.07) is 0.390. The molecule has 1 atom stereocenters. The molecule has 0 amide bonds. The van der Waals surface area contributed by atoms with Gasteiger partial charge in [-0.05, 0) is 26.7 Å². The van der Waals surface area contributed by atoms with Crippen molar-refractivity contribution in [2.45, 2.75) is 58.9 Å². The van der Waals surface area contributed by atoms with Gasteiger partial charge in [0, 0.05) is 26.2 Å². The van der Waals surface area contributed by atoms with Crippen molar-refractivity contribution >= 4 is 40.0 Å². The standard InChI is InChI=1S/C14H32N4O2S.HI/c1-5-7-8-10-13(3)18-14(15-4)16-11-9-12-17-21(19,20)6-2;/h13,17H,5-12H2,1-4H3,(H2,15,16,18);1H. The lowest BCUT2D eigenvalue weighted by Gasteiger charge is -2.17. The van der Waals surface area contributed by atoms with Gasteiger partial charge >= 0.3 is 0 Å². The largest absolute Gasteiger partial charge is 0.356 e. The lowest BCUT2D eigenvalue weighted by molar-refractivity contribution is 0.545. The first-order valence-electron chi connectivity index (χ1n) is 7.89. The van der Waals surface area contributed by atoms with Gasteiger partial charge in [-0.15, -0.1) is 24.0 Å². The maximum atomic E-state index is 11.3. The van der Waals surface area contributed by atoms with Crippen LogP contribution in [-0.4, -0.2) is 46.3 Å². The van der Waals surface area contributed by atoms with E-state index in [4.69, 9.17) is 0 Å². The lowest BCUT2D eigenvalue weighted by Crippen LogP contribution is -2.43. The SMILES string of the molecule is CCCCCC(C)NC(=NC)NCCCNS(=O)(=O)CC.I. The second-order valence-electron chi connectivity index (χ2n) is 5.19. The van der Waals surface area contributed by atoms with Crippen LogP contribution in [0.25, 0.3) is 0 Å². The summed E-state index contributed by atoms with van der Waals surface area (Å²) >= 11 is 0. The number of hydrogen-bond acceptors (Lipinski definition) is 3. The van der Waals surface area contributed by atoms with Crippen molar-refractivity contribution in [1.29, 1.82) is 0 Å². The summed E-state index contributed by atoms with van der Waals surface area (Å²) in [6.45, 7) is 7.12. The predicted octanol–water partition coefficient (Wildman–Crippen LogP) is 2.07. The van der Waals surface area contributed by atoms with E-state index in [-0.39, 0.29) is 29.7 Å². The van der Waals surface area contributed by atoms with Crippen molar-refractivity contribution in [3.63, 3.8) is 0 Å². The zero-order chi connectivity index (χ0) is 16.1. The van der Waals surface area contributed by atoms with Crippen LogP contribution in [0.1, 0.15) is 52.9 Å². The van der Waals surface area contributed by atoms with Crippen LogP contribution in [-0.2, 0) is 10.0 Å². The minimum absolute atomic E-state index is 0. The summed E-state index contributed by atoms with van der Waals surface area (Å²) in [5.74, 6) is 0.899. The molecule has 0 aliphatic carbocycles. The van der Waals surface area contributed by atoms with Crippen LogP contribution in [0.4, 0.5) is 0 Å². The summed E-state index contributed by atoms with van der Waals surface area (Å²) in [6.07, 6.45) is 5.57. The second-order valence-corrected chi connectivity index (χ2v) is 7.29. The summed E-state index contributed by atoms with van der Waals surface area (Å²) in [5.41, 5.74) is 0. The van der Waals surface area contributed by atoms with Crippen LogP contribution < -0.4 is 15.4 Å². The molecule has 3 N–H and O–H groups in total. The van der Waals surface area contributed by atoms with E-state index in [1.165, 1.54) is 19.3 Å². The minimum Gasteiger partial charge on any atom is -0.356 e. The third-order valence-corrected chi connectivity index (χ3v) is 4.60. The molecule has 0 radical (unpaired) electrons. The Kier molecular flexibility index (Phi) is 15.9. The third-order valence-electron chi connectivity index (χ3n) is 3.20. The molecule has 134 valence electrons. The molecule has 0 aliphatic rings. The Bertz CT molecular complexity index is 388.